The van der Waals surface area contributed by atoms with Crippen molar-refractivity contribution in [3.63, 3.8) is 0 Å². The summed E-state index contributed by atoms with van der Waals surface area (Å²) in [5, 5.41) is 13.0. The molecule has 0 saturated carbocycles. The Morgan fingerprint density at radius 1 is 1.07 bits per heavy atom. The Labute approximate surface area is 158 Å². The summed E-state index contributed by atoms with van der Waals surface area (Å²) < 4.78 is 3.64. The van der Waals surface area contributed by atoms with E-state index in [-0.39, 0.29) is 5.41 Å². The molecule has 0 aliphatic carbocycles. The van der Waals surface area contributed by atoms with Crippen molar-refractivity contribution in [3.05, 3.63) is 60.3 Å². The molecular formula is C20H23N7. The van der Waals surface area contributed by atoms with Gasteiger partial charge in [0.05, 0.1) is 17.3 Å². The monoisotopic (exact) mass is 361 g/mol. The van der Waals surface area contributed by atoms with Crippen LogP contribution in [0.2, 0.25) is 0 Å². The Morgan fingerprint density at radius 3 is 2.67 bits per heavy atom. The van der Waals surface area contributed by atoms with Gasteiger partial charge in [-0.3, -0.25) is 4.68 Å². The molecule has 0 radical (unpaired) electrons. The minimum atomic E-state index is -0.144. The molecule has 7 heteroatoms. The van der Waals surface area contributed by atoms with Crippen LogP contribution in [0.1, 0.15) is 32.2 Å². The molecule has 4 aromatic rings. The van der Waals surface area contributed by atoms with Gasteiger partial charge in [0, 0.05) is 31.4 Å². The first kappa shape index (κ1) is 17.2. The number of aromatic nitrogens is 6. The van der Waals surface area contributed by atoms with E-state index in [4.69, 9.17) is 9.97 Å². The standard InChI is InChI=1S/C20H23N7/c1-20(2,3)19-24-17(16-13-23-26(4)18(16)25-19)21-12-14-7-5-8-15(11-14)27-10-6-9-22-27/h5-11,13H,12H2,1-4H3,(H,21,24,25). The van der Waals surface area contributed by atoms with E-state index in [1.165, 1.54) is 0 Å². The maximum absolute atomic E-state index is 4.78. The van der Waals surface area contributed by atoms with Crippen molar-refractivity contribution in [2.24, 2.45) is 7.05 Å². The van der Waals surface area contributed by atoms with Crippen molar-refractivity contribution in [1.29, 1.82) is 0 Å². The third kappa shape index (κ3) is 3.40. The van der Waals surface area contributed by atoms with Crippen LogP contribution >= 0.6 is 0 Å². The van der Waals surface area contributed by atoms with Crippen LogP contribution in [-0.2, 0) is 19.0 Å². The number of aryl methyl sites for hydroxylation is 1. The largest absolute Gasteiger partial charge is 0.365 e. The summed E-state index contributed by atoms with van der Waals surface area (Å²) in [7, 11) is 1.90. The van der Waals surface area contributed by atoms with Crippen LogP contribution in [0.3, 0.4) is 0 Å². The molecule has 1 aromatic carbocycles. The van der Waals surface area contributed by atoms with E-state index in [1.807, 2.05) is 42.3 Å². The van der Waals surface area contributed by atoms with Crippen LogP contribution in [0, 0.1) is 0 Å². The maximum atomic E-state index is 4.78. The van der Waals surface area contributed by atoms with Crippen LogP contribution in [-0.4, -0.2) is 29.5 Å². The molecule has 1 N–H and O–H groups in total. The Bertz CT molecular complexity index is 1070. The van der Waals surface area contributed by atoms with Gasteiger partial charge in [-0.25, -0.2) is 14.6 Å². The summed E-state index contributed by atoms with van der Waals surface area (Å²) in [5.41, 5.74) is 2.87. The van der Waals surface area contributed by atoms with E-state index in [0.717, 1.165) is 33.9 Å². The van der Waals surface area contributed by atoms with Crippen molar-refractivity contribution < 1.29 is 0 Å². The number of rotatable bonds is 4. The Hall–Kier alpha value is -3.22. The SMILES string of the molecule is Cn1ncc2c(NCc3cccc(-n4cccn4)c3)nc(C(C)(C)C)nc21. The van der Waals surface area contributed by atoms with Gasteiger partial charge < -0.3 is 5.32 Å². The van der Waals surface area contributed by atoms with Gasteiger partial charge in [0.2, 0.25) is 0 Å². The lowest BCUT2D eigenvalue weighted by Crippen LogP contribution is -2.18. The molecule has 3 aromatic heterocycles. The summed E-state index contributed by atoms with van der Waals surface area (Å²) in [4.78, 5) is 9.49. The van der Waals surface area contributed by atoms with E-state index in [9.17, 15) is 0 Å². The second kappa shape index (κ2) is 6.50. The lowest BCUT2D eigenvalue weighted by Gasteiger charge is -2.18. The molecule has 0 bridgehead atoms. The van der Waals surface area contributed by atoms with Crippen molar-refractivity contribution in [2.45, 2.75) is 32.7 Å². The highest BCUT2D eigenvalue weighted by Crippen LogP contribution is 2.26. The normalized spacial score (nSPS) is 11.9. The molecule has 0 amide bonds. The van der Waals surface area contributed by atoms with Crippen molar-refractivity contribution in [3.8, 4) is 5.69 Å². The van der Waals surface area contributed by atoms with Crippen LogP contribution in [0.15, 0.2) is 48.9 Å². The summed E-state index contributed by atoms with van der Waals surface area (Å²) in [5.74, 6) is 1.61. The molecule has 0 spiro atoms. The zero-order valence-electron chi connectivity index (χ0n) is 16.0. The average Bonchev–Trinajstić information content (AvgIpc) is 3.30. The molecule has 0 aliphatic heterocycles. The Morgan fingerprint density at radius 2 is 1.93 bits per heavy atom. The van der Waals surface area contributed by atoms with Crippen LogP contribution < -0.4 is 5.32 Å². The minimum absolute atomic E-state index is 0.144. The molecular weight excluding hydrogens is 338 g/mol. The van der Waals surface area contributed by atoms with Crippen LogP contribution in [0.4, 0.5) is 5.82 Å². The predicted molar refractivity (Wildman–Crippen MR) is 106 cm³/mol. The number of anilines is 1. The first-order chi connectivity index (χ1) is 12.9. The van der Waals surface area contributed by atoms with Gasteiger partial charge in [0.15, 0.2) is 5.65 Å². The molecule has 0 aliphatic rings. The summed E-state index contributed by atoms with van der Waals surface area (Å²) in [6, 6.07) is 10.2. The summed E-state index contributed by atoms with van der Waals surface area (Å²) >= 11 is 0. The maximum Gasteiger partial charge on any atom is 0.163 e. The first-order valence-corrected chi connectivity index (χ1v) is 8.95. The number of fused-ring (bicyclic) bond motifs is 1. The highest BCUT2D eigenvalue weighted by Gasteiger charge is 2.21. The summed E-state index contributed by atoms with van der Waals surface area (Å²) in [6.45, 7) is 6.99. The molecule has 138 valence electrons. The molecule has 3 heterocycles. The third-order valence-electron chi connectivity index (χ3n) is 4.40. The molecule has 4 rings (SSSR count). The highest BCUT2D eigenvalue weighted by molar-refractivity contribution is 5.86. The fourth-order valence-corrected chi connectivity index (χ4v) is 2.91. The Balaban J connectivity index is 1.65. The van der Waals surface area contributed by atoms with Gasteiger partial charge in [-0.05, 0) is 23.8 Å². The van der Waals surface area contributed by atoms with Crippen LogP contribution in [0.25, 0.3) is 16.7 Å². The number of benzene rings is 1. The predicted octanol–water partition coefficient (Wildman–Crippen LogP) is 3.46. The minimum Gasteiger partial charge on any atom is -0.365 e. The van der Waals surface area contributed by atoms with Crippen LogP contribution in [0.5, 0.6) is 0 Å². The third-order valence-corrected chi connectivity index (χ3v) is 4.40. The summed E-state index contributed by atoms with van der Waals surface area (Å²) in [6.07, 6.45) is 5.52. The van der Waals surface area contributed by atoms with E-state index in [1.54, 1.807) is 10.9 Å². The molecule has 0 fully saturated rings. The lowest BCUT2D eigenvalue weighted by molar-refractivity contribution is 0.547. The van der Waals surface area contributed by atoms with E-state index >= 15 is 0 Å². The van der Waals surface area contributed by atoms with Gasteiger partial charge in [-0.2, -0.15) is 10.2 Å². The van der Waals surface area contributed by atoms with Gasteiger partial charge in [-0.1, -0.05) is 32.9 Å². The zero-order valence-corrected chi connectivity index (χ0v) is 16.0. The average molecular weight is 361 g/mol. The fraction of sp³-hybridized carbons (Fsp3) is 0.300. The molecule has 0 atom stereocenters. The molecule has 0 saturated heterocycles. The van der Waals surface area contributed by atoms with Gasteiger partial charge >= 0.3 is 0 Å². The molecule has 7 nitrogen and oxygen atoms in total. The van der Waals surface area contributed by atoms with Gasteiger partial charge in [-0.15, -0.1) is 0 Å². The number of hydrogen-bond donors (Lipinski definition) is 1. The number of nitrogens with one attached hydrogen (secondary N) is 1. The number of hydrogen-bond acceptors (Lipinski definition) is 5. The Kier molecular flexibility index (Phi) is 4.14. The van der Waals surface area contributed by atoms with Gasteiger partial charge in [0.25, 0.3) is 0 Å². The molecule has 0 unspecified atom stereocenters. The van der Waals surface area contributed by atoms with Crippen molar-refractivity contribution in [1.82, 2.24) is 29.5 Å². The van der Waals surface area contributed by atoms with Gasteiger partial charge in [0.1, 0.15) is 11.6 Å². The fourth-order valence-electron chi connectivity index (χ4n) is 2.91. The quantitative estimate of drug-likeness (QED) is 0.603. The van der Waals surface area contributed by atoms with E-state index < -0.39 is 0 Å². The second-order valence-electron chi connectivity index (χ2n) is 7.63. The molecule has 27 heavy (non-hydrogen) atoms. The second-order valence-corrected chi connectivity index (χ2v) is 7.63. The van der Waals surface area contributed by atoms with Crippen molar-refractivity contribution in [2.75, 3.05) is 5.32 Å². The topological polar surface area (TPSA) is 73.5 Å². The first-order valence-electron chi connectivity index (χ1n) is 8.95. The smallest absolute Gasteiger partial charge is 0.163 e. The van der Waals surface area contributed by atoms with E-state index in [2.05, 4.69) is 48.4 Å². The van der Waals surface area contributed by atoms with E-state index in [0.29, 0.717) is 6.54 Å². The lowest BCUT2D eigenvalue weighted by atomic mass is 9.95. The zero-order chi connectivity index (χ0) is 19.0. The number of nitrogens with zero attached hydrogens (tertiary/aromatic N) is 6. The van der Waals surface area contributed by atoms with Crippen molar-refractivity contribution >= 4 is 16.9 Å². The highest BCUT2D eigenvalue weighted by atomic mass is 15.3.